The fourth-order valence-corrected chi connectivity index (χ4v) is 1.77. The van der Waals surface area contributed by atoms with Crippen molar-refractivity contribution in [3.8, 4) is 5.75 Å². The van der Waals surface area contributed by atoms with E-state index in [0.29, 0.717) is 11.3 Å². The van der Waals surface area contributed by atoms with Crippen LogP contribution in [0, 0.1) is 6.92 Å². The Bertz CT molecular complexity index is 558. The second kappa shape index (κ2) is 7.62. The first-order chi connectivity index (χ1) is 9.85. The van der Waals surface area contributed by atoms with Crippen LogP contribution < -0.4 is 4.74 Å². The summed E-state index contributed by atoms with van der Waals surface area (Å²) in [5, 5.41) is 0. The van der Waals surface area contributed by atoms with Crippen LogP contribution in [0.5, 0.6) is 5.75 Å². The molecule has 4 nitrogen and oxygen atoms in total. The minimum absolute atomic E-state index is 0.0526. The molecule has 0 saturated carbocycles. The number of carbonyl (C=O) groups excluding carboxylic acids is 2. The van der Waals surface area contributed by atoms with Crippen LogP contribution in [0.25, 0.3) is 0 Å². The Morgan fingerprint density at radius 3 is 2.52 bits per heavy atom. The average molecular weight is 290 g/mol. The van der Waals surface area contributed by atoms with Gasteiger partial charge in [0.2, 0.25) is 0 Å². The minimum Gasteiger partial charge on any atom is -0.465 e. The molecule has 1 aromatic carbocycles. The SMILES string of the molecule is CC=C(C)C(=O)Oc1cc(C)ccc1[C@H](C)COC(C)=O. The van der Waals surface area contributed by atoms with Crippen LogP contribution in [0.15, 0.2) is 29.8 Å². The molecule has 0 aliphatic rings. The van der Waals surface area contributed by atoms with Gasteiger partial charge in [-0.25, -0.2) is 4.79 Å². The first-order valence-electron chi connectivity index (χ1n) is 6.94. The fourth-order valence-electron chi connectivity index (χ4n) is 1.77. The monoisotopic (exact) mass is 290 g/mol. The van der Waals surface area contributed by atoms with Gasteiger partial charge in [-0.15, -0.1) is 0 Å². The van der Waals surface area contributed by atoms with Crippen LogP contribution in [-0.4, -0.2) is 18.5 Å². The van der Waals surface area contributed by atoms with E-state index in [-0.39, 0.29) is 24.5 Å². The van der Waals surface area contributed by atoms with Crippen molar-refractivity contribution in [2.24, 2.45) is 0 Å². The summed E-state index contributed by atoms with van der Waals surface area (Å²) in [5.41, 5.74) is 2.40. The summed E-state index contributed by atoms with van der Waals surface area (Å²) in [7, 11) is 0. The van der Waals surface area contributed by atoms with Crippen LogP contribution in [0.2, 0.25) is 0 Å². The standard InChI is InChI=1S/C17H22O4/c1-6-12(3)17(19)21-16-9-11(2)7-8-15(16)13(4)10-20-14(5)18/h6-9,13H,10H2,1-5H3/t13-/m1/s1. The minimum atomic E-state index is -0.371. The van der Waals surface area contributed by atoms with Crippen molar-refractivity contribution < 1.29 is 19.1 Å². The van der Waals surface area contributed by atoms with Gasteiger partial charge in [0.15, 0.2) is 0 Å². The third-order valence-corrected chi connectivity index (χ3v) is 3.19. The van der Waals surface area contributed by atoms with Crippen molar-refractivity contribution in [1.29, 1.82) is 0 Å². The molecule has 0 fully saturated rings. The molecule has 4 heteroatoms. The van der Waals surface area contributed by atoms with Crippen molar-refractivity contribution in [1.82, 2.24) is 0 Å². The summed E-state index contributed by atoms with van der Waals surface area (Å²) in [6.45, 7) is 8.98. The molecular weight excluding hydrogens is 268 g/mol. The Morgan fingerprint density at radius 1 is 1.29 bits per heavy atom. The Balaban J connectivity index is 2.99. The lowest BCUT2D eigenvalue weighted by molar-refractivity contribution is -0.141. The molecule has 1 atom stereocenters. The molecular formula is C17H22O4. The van der Waals surface area contributed by atoms with Crippen molar-refractivity contribution >= 4 is 11.9 Å². The lowest BCUT2D eigenvalue weighted by Gasteiger charge is -2.16. The zero-order valence-electron chi connectivity index (χ0n) is 13.2. The van der Waals surface area contributed by atoms with E-state index in [2.05, 4.69) is 0 Å². The first-order valence-corrected chi connectivity index (χ1v) is 6.94. The van der Waals surface area contributed by atoms with Crippen molar-refractivity contribution in [3.05, 3.63) is 41.0 Å². The number of ether oxygens (including phenoxy) is 2. The quantitative estimate of drug-likeness (QED) is 0.473. The number of benzene rings is 1. The average Bonchev–Trinajstić information content (AvgIpc) is 2.43. The number of esters is 2. The highest BCUT2D eigenvalue weighted by Crippen LogP contribution is 2.28. The van der Waals surface area contributed by atoms with Crippen LogP contribution >= 0.6 is 0 Å². The van der Waals surface area contributed by atoms with Crippen LogP contribution in [-0.2, 0) is 14.3 Å². The summed E-state index contributed by atoms with van der Waals surface area (Å²) in [6, 6.07) is 5.66. The molecule has 0 unspecified atom stereocenters. The van der Waals surface area contributed by atoms with Gasteiger partial charge in [0.25, 0.3) is 0 Å². The van der Waals surface area contributed by atoms with E-state index in [1.54, 1.807) is 19.9 Å². The van der Waals surface area contributed by atoms with Gasteiger partial charge in [-0.2, -0.15) is 0 Å². The molecule has 0 bridgehead atoms. The molecule has 21 heavy (non-hydrogen) atoms. The van der Waals surface area contributed by atoms with E-state index in [4.69, 9.17) is 9.47 Å². The van der Waals surface area contributed by atoms with Crippen molar-refractivity contribution in [2.45, 2.75) is 40.5 Å². The summed E-state index contributed by atoms with van der Waals surface area (Å²) in [4.78, 5) is 22.8. The van der Waals surface area contributed by atoms with Crippen LogP contribution in [0.3, 0.4) is 0 Å². The maximum absolute atomic E-state index is 11.9. The third-order valence-electron chi connectivity index (χ3n) is 3.19. The van der Waals surface area contributed by atoms with E-state index < -0.39 is 0 Å². The Kier molecular flexibility index (Phi) is 6.15. The topological polar surface area (TPSA) is 52.6 Å². The molecule has 0 amide bonds. The second-order valence-corrected chi connectivity index (χ2v) is 5.11. The Morgan fingerprint density at radius 2 is 1.95 bits per heavy atom. The smallest absolute Gasteiger partial charge is 0.338 e. The molecule has 0 saturated heterocycles. The Hall–Kier alpha value is -2.10. The van der Waals surface area contributed by atoms with Gasteiger partial charge in [0.05, 0.1) is 6.61 Å². The van der Waals surface area contributed by atoms with Gasteiger partial charge < -0.3 is 9.47 Å². The molecule has 0 aromatic heterocycles. The highest BCUT2D eigenvalue weighted by atomic mass is 16.5. The largest absolute Gasteiger partial charge is 0.465 e. The predicted octanol–water partition coefficient (Wildman–Crippen LogP) is 3.53. The number of hydrogen-bond acceptors (Lipinski definition) is 4. The molecule has 0 spiro atoms. The Labute approximate surface area is 125 Å². The highest BCUT2D eigenvalue weighted by Gasteiger charge is 2.16. The number of allylic oxidation sites excluding steroid dienone is 1. The molecule has 0 N–H and O–H groups in total. The summed E-state index contributed by atoms with van der Waals surface area (Å²) in [5.74, 6) is -0.231. The van der Waals surface area contributed by atoms with E-state index in [1.165, 1.54) is 6.92 Å². The van der Waals surface area contributed by atoms with Gasteiger partial charge in [0.1, 0.15) is 5.75 Å². The molecule has 0 radical (unpaired) electrons. The van der Waals surface area contributed by atoms with Gasteiger partial charge in [0, 0.05) is 24.0 Å². The molecule has 1 aromatic rings. The maximum Gasteiger partial charge on any atom is 0.338 e. The lowest BCUT2D eigenvalue weighted by atomic mass is 9.99. The second-order valence-electron chi connectivity index (χ2n) is 5.11. The van der Waals surface area contributed by atoms with Crippen LogP contribution in [0.4, 0.5) is 0 Å². The molecule has 1 rings (SSSR count). The van der Waals surface area contributed by atoms with Crippen molar-refractivity contribution in [3.63, 3.8) is 0 Å². The van der Waals surface area contributed by atoms with E-state index in [1.807, 2.05) is 32.0 Å². The lowest BCUT2D eigenvalue weighted by Crippen LogP contribution is -2.13. The summed E-state index contributed by atoms with van der Waals surface area (Å²) in [6.07, 6.45) is 1.71. The fraction of sp³-hybridized carbons (Fsp3) is 0.412. The number of rotatable bonds is 5. The van der Waals surface area contributed by atoms with Crippen molar-refractivity contribution in [2.75, 3.05) is 6.61 Å². The number of carbonyl (C=O) groups is 2. The summed E-state index contributed by atoms with van der Waals surface area (Å²) >= 11 is 0. The van der Waals surface area contributed by atoms with E-state index in [9.17, 15) is 9.59 Å². The number of hydrogen-bond donors (Lipinski definition) is 0. The van der Waals surface area contributed by atoms with E-state index >= 15 is 0 Å². The first kappa shape index (κ1) is 17.0. The molecule has 114 valence electrons. The maximum atomic E-state index is 11.9. The molecule has 0 aliphatic heterocycles. The summed E-state index contributed by atoms with van der Waals surface area (Å²) < 4.78 is 10.5. The predicted molar refractivity (Wildman–Crippen MR) is 81.3 cm³/mol. The zero-order chi connectivity index (χ0) is 16.0. The molecule has 0 aliphatic carbocycles. The molecule has 0 heterocycles. The van der Waals surface area contributed by atoms with E-state index in [0.717, 1.165) is 11.1 Å². The van der Waals surface area contributed by atoms with Gasteiger partial charge in [-0.1, -0.05) is 25.1 Å². The normalized spacial score (nSPS) is 12.7. The number of aryl methyl sites for hydroxylation is 1. The van der Waals surface area contributed by atoms with Gasteiger partial charge in [-0.05, 0) is 32.4 Å². The van der Waals surface area contributed by atoms with Crippen LogP contribution in [0.1, 0.15) is 44.7 Å². The van der Waals surface area contributed by atoms with Gasteiger partial charge in [-0.3, -0.25) is 4.79 Å². The zero-order valence-corrected chi connectivity index (χ0v) is 13.2. The third kappa shape index (κ3) is 5.06. The highest BCUT2D eigenvalue weighted by molar-refractivity contribution is 5.89. The van der Waals surface area contributed by atoms with Gasteiger partial charge >= 0.3 is 11.9 Å².